The number of aliphatic hydroxyl groups excluding tert-OH is 1. The zero-order valence-corrected chi connectivity index (χ0v) is 16.1. The van der Waals surface area contributed by atoms with E-state index >= 15 is 0 Å². The highest BCUT2D eigenvalue weighted by molar-refractivity contribution is 5.94. The third-order valence-corrected chi connectivity index (χ3v) is 4.66. The van der Waals surface area contributed by atoms with Crippen molar-refractivity contribution in [2.75, 3.05) is 19.7 Å². The van der Waals surface area contributed by atoms with Crippen molar-refractivity contribution in [2.24, 2.45) is 11.5 Å². The maximum absolute atomic E-state index is 12.7. The average molecular weight is 401 g/mol. The van der Waals surface area contributed by atoms with Crippen LogP contribution in [0.4, 0.5) is 0 Å². The third kappa shape index (κ3) is 6.73. The second-order valence-corrected chi connectivity index (χ2v) is 6.89. The molecule has 160 valence electrons. The maximum Gasteiger partial charge on any atom is 0.325 e. The molecule has 0 spiro atoms. The minimum Gasteiger partial charge on any atom is -0.480 e. The molecule has 0 aromatic carbocycles. The molecule has 0 saturated carbocycles. The van der Waals surface area contributed by atoms with Gasteiger partial charge in [-0.2, -0.15) is 0 Å². The number of amides is 3. The maximum atomic E-state index is 12.7. The number of aliphatic carboxylic acids is 1. The monoisotopic (exact) mass is 401 g/mol. The Bertz CT molecular complexity index is 572. The van der Waals surface area contributed by atoms with E-state index in [0.29, 0.717) is 38.8 Å². The number of hydrogen-bond donors (Lipinski definition) is 6. The highest BCUT2D eigenvalue weighted by atomic mass is 16.4. The molecular weight excluding hydrogens is 370 g/mol. The third-order valence-electron chi connectivity index (χ3n) is 4.66. The van der Waals surface area contributed by atoms with Gasteiger partial charge in [-0.25, -0.2) is 0 Å². The van der Waals surface area contributed by atoms with E-state index in [1.807, 2.05) is 0 Å². The van der Waals surface area contributed by atoms with Crippen molar-refractivity contribution in [1.29, 1.82) is 0 Å². The molecule has 1 heterocycles. The second kappa shape index (κ2) is 11.6. The average Bonchev–Trinajstić information content (AvgIpc) is 3.15. The van der Waals surface area contributed by atoms with Crippen LogP contribution in [0.15, 0.2) is 0 Å². The number of unbranched alkanes of at least 4 members (excludes halogenated alkanes) is 1. The molecule has 0 aromatic rings. The second-order valence-electron chi connectivity index (χ2n) is 6.89. The first-order valence-corrected chi connectivity index (χ1v) is 9.43. The van der Waals surface area contributed by atoms with Gasteiger partial charge in [-0.3, -0.25) is 19.2 Å². The molecule has 4 unspecified atom stereocenters. The summed E-state index contributed by atoms with van der Waals surface area (Å²) in [4.78, 5) is 49.6. The van der Waals surface area contributed by atoms with E-state index in [1.54, 1.807) is 0 Å². The summed E-state index contributed by atoms with van der Waals surface area (Å²) in [5.74, 6) is -2.83. The molecule has 11 nitrogen and oxygen atoms in total. The van der Waals surface area contributed by atoms with E-state index in [9.17, 15) is 19.2 Å². The fourth-order valence-corrected chi connectivity index (χ4v) is 3.00. The summed E-state index contributed by atoms with van der Waals surface area (Å²) in [7, 11) is 0. The molecule has 11 heteroatoms. The Morgan fingerprint density at radius 3 is 2.46 bits per heavy atom. The van der Waals surface area contributed by atoms with Gasteiger partial charge < -0.3 is 37.2 Å². The predicted octanol–water partition coefficient (Wildman–Crippen LogP) is -2.50. The zero-order chi connectivity index (χ0) is 21.3. The van der Waals surface area contributed by atoms with Gasteiger partial charge in [-0.05, 0) is 45.6 Å². The molecule has 28 heavy (non-hydrogen) atoms. The van der Waals surface area contributed by atoms with E-state index in [0.717, 1.165) is 0 Å². The quantitative estimate of drug-likeness (QED) is 0.205. The van der Waals surface area contributed by atoms with Crippen molar-refractivity contribution < 1.29 is 29.4 Å². The van der Waals surface area contributed by atoms with Crippen LogP contribution in [-0.2, 0) is 19.2 Å². The first-order valence-electron chi connectivity index (χ1n) is 9.43. The SMILES string of the molecule is CC(NC(=O)C(CCCCN)NC(=O)C1CCCN1C(=O)C(N)CO)C(=O)O. The summed E-state index contributed by atoms with van der Waals surface area (Å²) in [6, 6.07) is -3.93. The Morgan fingerprint density at radius 2 is 1.89 bits per heavy atom. The smallest absolute Gasteiger partial charge is 0.325 e. The van der Waals surface area contributed by atoms with E-state index in [4.69, 9.17) is 21.7 Å². The molecule has 8 N–H and O–H groups in total. The molecule has 0 aromatic heterocycles. The Balaban J connectivity index is 2.82. The number of carbonyl (C=O) groups excluding carboxylic acids is 3. The van der Waals surface area contributed by atoms with Crippen LogP contribution in [0, 0.1) is 0 Å². The van der Waals surface area contributed by atoms with Gasteiger partial charge in [-0.15, -0.1) is 0 Å². The van der Waals surface area contributed by atoms with Crippen molar-refractivity contribution in [3.8, 4) is 0 Å². The first-order chi connectivity index (χ1) is 13.2. The van der Waals surface area contributed by atoms with Gasteiger partial charge in [0.25, 0.3) is 0 Å². The molecule has 0 bridgehead atoms. The predicted molar refractivity (Wildman–Crippen MR) is 99.9 cm³/mol. The van der Waals surface area contributed by atoms with Gasteiger partial charge in [0.1, 0.15) is 24.2 Å². The lowest BCUT2D eigenvalue weighted by Crippen LogP contribution is -2.56. The number of carbonyl (C=O) groups is 4. The van der Waals surface area contributed by atoms with Crippen LogP contribution >= 0.6 is 0 Å². The lowest BCUT2D eigenvalue weighted by Gasteiger charge is -2.28. The number of likely N-dealkylation sites (tertiary alicyclic amines) is 1. The number of hydrogen-bond acceptors (Lipinski definition) is 7. The van der Waals surface area contributed by atoms with E-state index in [-0.39, 0.29) is 6.42 Å². The highest BCUT2D eigenvalue weighted by Crippen LogP contribution is 2.19. The van der Waals surface area contributed by atoms with Crippen LogP contribution in [0.25, 0.3) is 0 Å². The van der Waals surface area contributed by atoms with Crippen molar-refractivity contribution in [3.05, 3.63) is 0 Å². The van der Waals surface area contributed by atoms with Crippen LogP contribution < -0.4 is 22.1 Å². The van der Waals surface area contributed by atoms with Crippen LogP contribution in [-0.4, -0.2) is 82.7 Å². The van der Waals surface area contributed by atoms with E-state index < -0.39 is 54.5 Å². The minimum atomic E-state index is -1.19. The molecule has 1 fully saturated rings. The zero-order valence-electron chi connectivity index (χ0n) is 16.1. The minimum absolute atomic E-state index is 0.290. The first kappa shape index (κ1) is 23.8. The van der Waals surface area contributed by atoms with Crippen LogP contribution in [0.2, 0.25) is 0 Å². The van der Waals surface area contributed by atoms with Crippen LogP contribution in [0.3, 0.4) is 0 Å². The topological polar surface area (TPSA) is 188 Å². The fourth-order valence-electron chi connectivity index (χ4n) is 3.00. The Labute approximate surface area is 163 Å². The molecule has 0 radical (unpaired) electrons. The van der Waals surface area contributed by atoms with Gasteiger partial charge in [0, 0.05) is 6.54 Å². The lowest BCUT2D eigenvalue weighted by molar-refractivity contribution is -0.143. The molecule has 1 rings (SSSR count). The van der Waals surface area contributed by atoms with E-state index in [2.05, 4.69) is 10.6 Å². The molecule has 1 saturated heterocycles. The van der Waals surface area contributed by atoms with Crippen molar-refractivity contribution in [1.82, 2.24) is 15.5 Å². The molecule has 1 aliphatic heterocycles. The summed E-state index contributed by atoms with van der Waals surface area (Å²) >= 11 is 0. The molecular formula is C17H31N5O6. The Hall–Kier alpha value is -2.24. The number of nitrogens with zero attached hydrogens (tertiary/aromatic N) is 1. The van der Waals surface area contributed by atoms with Gasteiger partial charge in [0.05, 0.1) is 6.61 Å². The normalized spacial score (nSPS) is 19.6. The van der Waals surface area contributed by atoms with Crippen molar-refractivity contribution in [3.63, 3.8) is 0 Å². The number of carboxylic acid groups (broad SMARTS) is 1. The number of carboxylic acids is 1. The van der Waals surface area contributed by atoms with Gasteiger partial charge in [-0.1, -0.05) is 0 Å². The van der Waals surface area contributed by atoms with E-state index in [1.165, 1.54) is 11.8 Å². The standard InChI is InChI=1S/C17H31N5O6/c1-10(17(27)28)20-14(24)12(5-2-3-7-18)21-15(25)13-6-4-8-22(13)16(26)11(19)9-23/h10-13,23H,2-9,18-19H2,1H3,(H,20,24)(H,21,25)(H,27,28). The van der Waals surface area contributed by atoms with Crippen molar-refractivity contribution in [2.45, 2.75) is 63.2 Å². The number of nitrogens with two attached hydrogens (primary N) is 2. The lowest BCUT2D eigenvalue weighted by atomic mass is 10.1. The number of rotatable bonds is 11. The number of nitrogens with one attached hydrogen (secondary N) is 2. The molecule has 0 aliphatic carbocycles. The van der Waals surface area contributed by atoms with Gasteiger partial charge >= 0.3 is 5.97 Å². The van der Waals surface area contributed by atoms with Gasteiger partial charge in [0.15, 0.2) is 0 Å². The largest absolute Gasteiger partial charge is 0.480 e. The molecule has 1 aliphatic rings. The molecule has 4 atom stereocenters. The summed E-state index contributed by atoms with van der Waals surface area (Å²) in [5.41, 5.74) is 11.0. The van der Waals surface area contributed by atoms with Crippen molar-refractivity contribution >= 4 is 23.7 Å². The number of aliphatic hydroxyl groups is 1. The van der Waals surface area contributed by atoms with Crippen LogP contribution in [0.1, 0.15) is 39.0 Å². The summed E-state index contributed by atoms with van der Waals surface area (Å²) in [5, 5.41) is 23.0. The summed E-state index contributed by atoms with van der Waals surface area (Å²) in [6.07, 6.45) is 2.52. The van der Waals surface area contributed by atoms with Crippen LogP contribution in [0.5, 0.6) is 0 Å². The van der Waals surface area contributed by atoms with Gasteiger partial charge in [0.2, 0.25) is 17.7 Å². The highest BCUT2D eigenvalue weighted by Gasteiger charge is 2.37. The Morgan fingerprint density at radius 1 is 1.21 bits per heavy atom. The summed E-state index contributed by atoms with van der Waals surface area (Å²) in [6.45, 7) is 1.57. The molecule has 3 amide bonds. The fraction of sp³-hybridized carbons (Fsp3) is 0.765. The summed E-state index contributed by atoms with van der Waals surface area (Å²) < 4.78 is 0. The Kier molecular flexibility index (Phi) is 9.83.